The lowest BCUT2D eigenvalue weighted by molar-refractivity contribution is -0.189. The first-order valence-corrected chi connectivity index (χ1v) is 7.86. The van der Waals surface area contributed by atoms with Crippen LogP contribution in [0, 0.1) is 0 Å². The van der Waals surface area contributed by atoms with Crippen LogP contribution in [-0.2, 0) is 47.7 Å². The zero-order chi connectivity index (χ0) is 21.1. The Hall–Kier alpha value is -2.72. The Balaban J connectivity index is 5.64. The van der Waals surface area contributed by atoms with E-state index >= 15 is 4.39 Å². The third kappa shape index (κ3) is 10.8. The van der Waals surface area contributed by atoms with Gasteiger partial charge < -0.3 is 23.7 Å². The minimum absolute atomic E-state index is 0.617. The molecule has 0 fully saturated rings. The number of hydrogen-bond donors (Lipinski definition) is 0. The van der Waals surface area contributed by atoms with E-state index in [4.69, 9.17) is 18.9 Å². The van der Waals surface area contributed by atoms with Crippen LogP contribution in [0.2, 0.25) is 0 Å². The quantitative estimate of drug-likeness (QED) is 0.375. The van der Waals surface area contributed by atoms with Gasteiger partial charge in [0.05, 0.1) is 0 Å². The maximum absolute atomic E-state index is 15.1. The van der Waals surface area contributed by atoms with Crippen molar-refractivity contribution in [3.63, 3.8) is 0 Å². The molecule has 0 spiro atoms. The zero-order valence-corrected chi connectivity index (χ0v) is 15.7. The summed E-state index contributed by atoms with van der Waals surface area (Å²) in [6, 6.07) is 0. The Morgan fingerprint density at radius 2 is 1.00 bits per heavy atom. The van der Waals surface area contributed by atoms with Crippen LogP contribution in [0.5, 0.6) is 0 Å². The monoisotopic (exact) mass is 394 g/mol. The fraction of sp³-hybridized carbons (Fsp3) is 0.688. The van der Waals surface area contributed by atoms with Gasteiger partial charge in [0.2, 0.25) is 0 Å². The zero-order valence-electron chi connectivity index (χ0n) is 15.7. The fourth-order valence-corrected chi connectivity index (χ4v) is 1.96. The van der Waals surface area contributed by atoms with Crippen molar-refractivity contribution in [2.24, 2.45) is 0 Å². The van der Waals surface area contributed by atoms with Gasteiger partial charge in [0, 0.05) is 34.6 Å². The van der Waals surface area contributed by atoms with Crippen LogP contribution in [0.1, 0.15) is 34.6 Å². The van der Waals surface area contributed by atoms with E-state index in [1.54, 1.807) is 0 Å². The molecule has 0 bridgehead atoms. The molecular weight excluding hydrogens is 371 g/mol. The Labute approximate surface area is 155 Å². The summed E-state index contributed by atoms with van der Waals surface area (Å²) in [4.78, 5) is 55.9. The molecule has 27 heavy (non-hydrogen) atoms. The van der Waals surface area contributed by atoms with Gasteiger partial charge in [0.15, 0.2) is 24.5 Å². The first kappa shape index (κ1) is 24.3. The molecule has 4 atom stereocenters. The van der Waals surface area contributed by atoms with Gasteiger partial charge >= 0.3 is 29.8 Å². The minimum atomic E-state index is -2.27. The van der Waals surface area contributed by atoms with Gasteiger partial charge in [-0.2, -0.15) is 0 Å². The highest BCUT2D eigenvalue weighted by atomic mass is 19.1. The van der Waals surface area contributed by atoms with Crippen molar-refractivity contribution in [2.45, 2.75) is 59.1 Å². The summed E-state index contributed by atoms with van der Waals surface area (Å²) in [5, 5.41) is 0. The highest BCUT2D eigenvalue weighted by Crippen LogP contribution is 2.20. The predicted octanol–water partition coefficient (Wildman–Crippen LogP) is 0.246. The van der Waals surface area contributed by atoms with Crippen LogP contribution in [0.25, 0.3) is 0 Å². The van der Waals surface area contributed by atoms with Crippen LogP contribution >= 0.6 is 0 Å². The Bertz CT molecular complexity index is 561. The molecule has 0 aromatic carbocycles. The fourth-order valence-electron chi connectivity index (χ4n) is 1.96. The van der Waals surface area contributed by atoms with Crippen LogP contribution in [0.4, 0.5) is 4.39 Å². The lowest BCUT2D eigenvalue weighted by atomic mass is 10.0. The van der Waals surface area contributed by atoms with Crippen molar-refractivity contribution in [3.05, 3.63) is 0 Å². The Morgan fingerprint density at radius 3 is 1.37 bits per heavy atom. The molecule has 0 saturated heterocycles. The Kier molecular flexibility index (Phi) is 10.6. The maximum Gasteiger partial charge on any atom is 0.303 e. The largest absolute Gasteiger partial charge is 0.462 e. The summed E-state index contributed by atoms with van der Waals surface area (Å²) in [5.74, 6) is -4.20. The first-order valence-electron chi connectivity index (χ1n) is 7.86. The van der Waals surface area contributed by atoms with E-state index in [9.17, 15) is 24.0 Å². The smallest absolute Gasteiger partial charge is 0.303 e. The second-order valence-electron chi connectivity index (χ2n) is 5.42. The van der Waals surface area contributed by atoms with Crippen LogP contribution in [0.15, 0.2) is 0 Å². The highest BCUT2D eigenvalue weighted by molar-refractivity contribution is 5.68. The van der Waals surface area contributed by atoms with Gasteiger partial charge in [-0.25, -0.2) is 4.39 Å². The van der Waals surface area contributed by atoms with E-state index < -0.39 is 67.5 Å². The summed E-state index contributed by atoms with van der Waals surface area (Å²) < 4.78 is 38.9. The first-order chi connectivity index (χ1) is 12.4. The molecule has 0 aliphatic carbocycles. The summed E-state index contributed by atoms with van der Waals surface area (Å²) in [7, 11) is 0. The van der Waals surface area contributed by atoms with Crippen LogP contribution < -0.4 is 0 Å². The molecule has 0 aromatic heterocycles. The van der Waals surface area contributed by atoms with Crippen molar-refractivity contribution in [2.75, 3.05) is 13.2 Å². The molecular formula is C16H23FO10. The molecule has 11 heteroatoms. The summed E-state index contributed by atoms with van der Waals surface area (Å²) >= 11 is 0. The lowest BCUT2D eigenvalue weighted by Crippen LogP contribution is -2.50. The molecule has 0 heterocycles. The number of halogens is 1. The number of rotatable bonds is 10. The average molecular weight is 394 g/mol. The van der Waals surface area contributed by atoms with E-state index in [0.717, 1.165) is 34.6 Å². The minimum Gasteiger partial charge on any atom is -0.462 e. The van der Waals surface area contributed by atoms with Crippen molar-refractivity contribution in [1.29, 1.82) is 0 Å². The highest BCUT2D eigenvalue weighted by Gasteiger charge is 2.42. The molecule has 154 valence electrons. The normalized spacial score (nSPS) is 14.7. The van der Waals surface area contributed by atoms with Gasteiger partial charge in [0.1, 0.15) is 13.2 Å². The Morgan fingerprint density at radius 1 is 0.630 bits per heavy atom. The van der Waals surface area contributed by atoms with E-state index in [0.29, 0.717) is 0 Å². The molecule has 0 saturated carbocycles. The maximum atomic E-state index is 15.1. The number of carbonyl (C=O) groups excluding carboxylic acids is 5. The number of carbonyl (C=O) groups is 5. The molecule has 10 nitrogen and oxygen atoms in total. The van der Waals surface area contributed by atoms with E-state index in [1.165, 1.54) is 0 Å². The topological polar surface area (TPSA) is 132 Å². The van der Waals surface area contributed by atoms with Gasteiger partial charge in [-0.3, -0.25) is 24.0 Å². The summed E-state index contributed by atoms with van der Waals surface area (Å²) in [6.45, 7) is 3.83. The van der Waals surface area contributed by atoms with Gasteiger partial charge in [-0.1, -0.05) is 0 Å². The van der Waals surface area contributed by atoms with E-state index in [1.807, 2.05) is 0 Å². The molecule has 0 radical (unpaired) electrons. The molecule has 0 aromatic rings. The van der Waals surface area contributed by atoms with Crippen molar-refractivity contribution < 1.29 is 52.0 Å². The van der Waals surface area contributed by atoms with Gasteiger partial charge in [-0.15, -0.1) is 0 Å². The molecule has 0 aliphatic rings. The van der Waals surface area contributed by atoms with E-state index in [2.05, 4.69) is 4.74 Å². The number of esters is 5. The van der Waals surface area contributed by atoms with Crippen molar-refractivity contribution in [1.82, 2.24) is 0 Å². The summed E-state index contributed by atoms with van der Waals surface area (Å²) in [5.41, 5.74) is 0. The summed E-state index contributed by atoms with van der Waals surface area (Å²) in [6.07, 6.45) is -7.26. The average Bonchev–Trinajstić information content (AvgIpc) is 2.51. The van der Waals surface area contributed by atoms with Crippen molar-refractivity contribution >= 4 is 29.8 Å². The predicted molar refractivity (Wildman–Crippen MR) is 84.8 cm³/mol. The lowest BCUT2D eigenvalue weighted by Gasteiger charge is -2.31. The number of alkyl halides is 1. The molecule has 0 aliphatic heterocycles. The molecule has 0 amide bonds. The SMILES string of the molecule is CC(=O)OC[C@H](OC(C)=O)[C@@H](OC(C)=O)[C@H](F)[C@@H](COC(C)=O)OC(C)=O. The standard InChI is InChI=1S/C16H23FO10/c1-8(18)23-6-13(25-10(3)20)15(17)16(27-12(5)22)14(26-11(4)21)7-24-9(2)19/h13-16H,6-7H2,1-5H3/t13-,14+,15-,16-/m1/s1. The second-order valence-corrected chi connectivity index (χ2v) is 5.42. The molecule has 0 rings (SSSR count). The van der Waals surface area contributed by atoms with E-state index in [-0.39, 0.29) is 0 Å². The third-order valence-electron chi connectivity index (χ3n) is 2.87. The van der Waals surface area contributed by atoms with Gasteiger partial charge in [0.25, 0.3) is 0 Å². The number of hydrogen-bond acceptors (Lipinski definition) is 10. The molecule has 0 N–H and O–H groups in total. The molecule has 0 unspecified atom stereocenters. The number of ether oxygens (including phenoxy) is 5. The van der Waals surface area contributed by atoms with Crippen LogP contribution in [0.3, 0.4) is 0 Å². The van der Waals surface area contributed by atoms with Gasteiger partial charge in [-0.05, 0) is 0 Å². The van der Waals surface area contributed by atoms with Crippen molar-refractivity contribution in [3.8, 4) is 0 Å². The third-order valence-corrected chi connectivity index (χ3v) is 2.87. The second kappa shape index (κ2) is 11.8. The van der Waals surface area contributed by atoms with Crippen LogP contribution in [-0.4, -0.2) is 67.5 Å².